The van der Waals surface area contributed by atoms with Crippen LogP contribution < -0.4 is 14.9 Å². The van der Waals surface area contributed by atoms with Gasteiger partial charge in [0.15, 0.2) is 6.61 Å². The molecule has 6 nitrogen and oxygen atoms in total. The van der Waals surface area contributed by atoms with Gasteiger partial charge in [-0.1, -0.05) is 59.6 Å². The number of thiazole rings is 1. The topological polar surface area (TPSA) is 68.0 Å². The van der Waals surface area contributed by atoms with E-state index in [9.17, 15) is 4.79 Å². The van der Waals surface area contributed by atoms with E-state index in [1.165, 1.54) is 11.3 Å². The number of hydrogen-bond donors (Lipinski definition) is 1. The molecular formula is C25H18Cl2N4O2S. The summed E-state index contributed by atoms with van der Waals surface area (Å²) in [7, 11) is 0. The fourth-order valence-electron chi connectivity index (χ4n) is 3.43. The van der Waals surface area contributed by atoms with Gasteiger partial charge in [-0.2, -0.15) is 5.10 Å². The maximum absolute atomic E-state index is 11.8. The molecule has 9 heteroatoms. The molecule has 0 unspecified atom stereocenters. The molecule has 0 radical (unpaired) electrons. The lowest BCUT2D eigenvalue weighted by Crippen LogP contribution is -2.25. The van der Waals surface area contributed by atoms with Crippen LogP contribution in [-0.4, -0.2) is 23.4 Å². The lowest BCUT2D eigenvalue weighted by Gasteiger charge is -2.18. The maximum atomic E-state index is 11.8. The number of amides is 1. The summed E-state index contributed by atoms with van der Waals surface area (Å²) in [5.41, 5.74) is 4.14. The Balaban J connectivity index is 1.58. The molecule has 34 heavy (non-hydrogen) atoms. The van der Waals surface area contributed by atoms with Crippen LogP contribution in [0.1, 0.15) is 11.1 Å². The Hall–Kier alpha value is -3.39. The largest absolute Gasteiger partial charge is 0.482 e. The second kappa shape index (κ2) is 9.85. The Kier molecular flexibility index (Phi) is 6.49. The molecule has 170 valence electrons. The fraction of sp³-hybridized carbons (Fsp3) is 0.0800. The molecule has 4 aromatic rings. The highest BCUT2D eigenvalue weighted by Gasteiger charge is 2.18. The molecule has 0 aliphatic carbocycles. The number of fused-ring (bicyclic) bond motifs is 1. The molecule has 1 aromatic heterocycles. The molecule has 5 rings (SSSR count). The summed E-state index contributed by atoms with van der Waals surface area (Å²) in [6.45, 7) is 0.533. The van der Waals surface area contributed by atoms with Crippen LogP contribution >= 0.6 is 34.5 Å². The van der Waals surface area contributed by atoms with Crippen molar-refractivity contribution < 1.29 is 9.53 Å². The third-order valence-electron chi connectivity index (χ3n) is 5.11. The molecule has 3 aromatic carbocycles. The van der Waals surface area contributed by atoms with Crippen LogP contribution in [0, 0.1) is 0 Å². The van der Waals surface area contributed by atoms with Gasteiger partial charge in [-0.05, 0) is 35.9 Å². The zero-order valence-corrected chi connectivity index (χ0v) is 20.1. The smallest absolute Gasteiger partial charge is 0.262 e. The van der Waals surface area contributed by atoms with E-state index in [0.29, 0.717) is 28.0 Å². The average Bonchev–Trinajstić information content (AvgIpc) is 3.25. The first-order chi connectivity index (χ1) is 16.6. The van der Waals surface area contributed by atoms with Gasteiger partial charge in [0.2, 0.25) is 4.80 Å². The molecule has 2 heterocycles. The van der Waals surface area contributed by atoms with E-state index >= 15 is 0 Å². The number of ether oxygens (including phenoxy) is 1. The van der Waals surface area contributed by atoms with Crippen molar-refractivity contribution in [2.45, 2.75) is 6.54 Å². The molecule has 1 aliphatic heterocycles. The average molecular weight is 509 g/mol. The predicted octanol–water partition coefficient (Wildman–Crippen LogP) is 5.84. The zero-order chi connectivity index (χ0) is 23.5. The van der Waals surface area contributed by atoms with Crippen LogP contribution in [0.25, 0.3) is 11.3 Å². The number of anilines is 1. The van der Waals surface area contributed by atoms with Gasteiger partial charge < -0.3 is 10.1 Å². The van der Waals surface area contributed by atoms with E-state index < -0.39 is 0 Å². The molecule has 0 atom stereocenters. The number of benzene rings is 3. The Morgan fingerprint density at radius 3 is 2.76 bits per heavy atom. The molecule has 0 spiro atoms. The van der Waals surface area contributed by atoms with Crippen molar-refractivity contribution >= 4 is 52.3 Å². The third-order valence-corrected chi connectivity index (χ3v) is 6.52. The van der Waals surface area contributed by atoms with Gasteiger partial charge in [0, 0.05) is 21.5 Å². The van der Waals surface area contributed by atoms with Crippen molar-refractivity contribution in [1.29, 1.82) is 0 Å². The first kappa shape index (κ1) is 22.4. The van der Waals surface area contributed by atoms with Gasteiger partial charge in [-0.3, -0.25) is 9.79 Å². The number of carbonyl (C=O) groups excluding carboxylic acids is 1. The first-order valence-electron chi connectivity index (χ1n) is 10.4. The van der Waals surface area contributed by atoms with E-state index in [-0.39, 0.29) is 12.5 Å². The van der Waals surface area contributed by atoms with Crippen LogP contribution in [-0.2, 0) is 11.3 Å². The van der Waals surface area contributed by atoms with E-state index in [1.807, 2.05) is 60.0 Å². The van der Waals surface area contributed by atoms with Gasteiger partial charge in [0.05, 0.1) is 29.2 Å². The van der Waals surface area contributed by atoms with E-state index in [1.54, 1.807) is 23.0 Å². The molecule has 0 saturated carbocycles. The summed E-state index contributed by atoms with van der Waals surface area (Å²) >= 11 is 13.8. The summed E-state index contributed by atoms with van der Waals surface area (Å²) in [6.07, 6.45) is 1.68. The minimum Gasteiger partial charge on any atom is -0.482 e. The quantitative estimate of drug-likeness (QED) is 0.344. The first-order valence-corrected chi connectivity index (χ1v) is 12.0. The minimum absolute atomic E-state index is 0.0133. The van der Waals surface area contributed by atoms with Crippen molar-refractivity contribution in [3.05, 3.63) is 98.1 Å². The molecule has 0 saturated heterocycles. The minimum atomic E-state index is -0.184. The maximum Gasteiger partial charge on any atom is 0.262 e. The zero-order valence-electron chi connectivity index (χ0n) is 17.7. The van der Waals surface area contributed by atoms with Crippen molar-refractivity contribution in [3.63, 3.8) is 0 Å². The lowest BCUT2D eigenvalue weighted by atomic mass is 10.1. The van der Waals surface area contributed by atoms with E-state index in [4.69, 9.17) is 38.0 Å². The second-order valence-corrected chi connectivity index (χ2v) is 9.16. The molecular weight excluding hydrogens is 491 g/mol. The van der Waals surface area contributed by atoms with Gasteiger partial charge >= 0.3 is 0 Å². The monoisotopic (exact) mass is 508 g/mol. The number of nitrogens with zero attached hydrogens (tertiary/aromatic N) is 3. The standard InChI is InChI=1S/C25H18Cl2N4O2S/c26-19-8-6-18(20(27)11-19)13-29-31-22(15-34-25(31)28-12-16-4-2-1-3-5-16)17-7-9-23-21(10-17)30-24(32)14-33-23/h1-11,13,15H,12,14H2,(H,30,32). The molecule has 0 bridgehead atoms. The molecule has 1 aliphatic rings. The van der Waals surface area contributed by atoms with Crippen LogP contribution in [0.3, 0.4) is 0 Å². The van der Waals surface area contributed by atoms with Crippen LogP contribution in [0.4, 0.5) is 5.69 Å². The summed E-state index contributed by atoms with van der Waals surface area (Å²) in [5.74, 6) is 0.451. The van der Waals surface area contributed by atoms with E-state index in [0.717, 1.165) is 27.2 Å². The predicted molar refractivity (Wildman–Crippen MR) is 137 cm³/mol. The summed E-state index contributed by atoms with van der Waals surface area (Å²) in [6, 6.07) is 20.9. The van der Waals surface area contributed by atoms with Crippen LogP contribution in [0.2, 0.25) is 10.0 Å². The molecule has 1 amide bonds. The highest BCUT2D eigenvalue weighted by molar-refractivity contribution is 7.07. The van der Waals surface area contributed by atoms with Crippen molar-refractivity contribution in [2.75, 3.05) is 11.9 Å². The van der Waals surface area contributed by atoms with Gasteiger partial charge in [0.1, 0.15) is 5.75 Å². The van der Waals surface area contributed by atoms with Gasteiger partial charge in [-0.25, -0.2) is 4.68 Å². The summed E-state index contributed by atoms with van der Waals surface area (Å²) < 4.78 is 7.26. The van der Waals surface area contributed by atoms with Crippen molar-refractivity contribution in [3.8, 4) is 17.0 Å². The Morgan fingerprint density at radius 2 is 1.94 bits per heavy atom. The SMILES string of the molecule is O=C1COc2ccc(-c3csc(=NCc4ccccc4)n3N=Cc3ccc(Cl)cc3Cl)cc2N1. The number of rotatable bonds is 5. The highest BCUT2D eigenvalue weighted by atomic mass is 35.5. The third kappa shape index (κ3) is 4.92. The van der Waals surface area contributed by atoms with Crippen molar-refractivity contribution in [1.82, 2.24) is 4.68 Å². The van der Waals surface area contributed by atoms with Gasteiger partial charge in [-0.15, -0.1) is 11.3 Å². The number of nitrogens with one attached hydrogen (secondary N) is 1. The highest BCUT2D eigenvalue weighted by Crippen LogP contribution is 2.33. The lowest BCUT2D eigenvalue weighted by molar-refractivity contribution is -0.118. The number of hydrogen-bond acceptors (Lipinski definition) is 5. The van der Waals surface area contributed by atoms with Crippen LogP contribution in [0.15, 0.2) is 82.2 Å². The Bertz CT molecular complexity index is 1460. The summed E-state index contributed by atoms with van der Waals surface area (Å²) in [5, 5.41) is 10.6. The number of halogens is 2. The van der Waals surface area contributed by atoms with Crippen LogP contribution in [0.5, 0.6) is 5.75 Å². The number of aromatic nitrogens is 1. The Labute approximate surface area is 209 Å². The number of carbonyl (C=O) groups is 1. The molecule has 1 N–H and O–H groups in total. The fourth-order valence-corrected chi connectivity index (χ4v) is 4.72. The molecule has 0 fully saturated rings. The van der Waals surface area contributed by atoms with Crippen molar-refractivity contribution in [2.24, 2.45) is 10.1 Å². The second-order valence-electron chi connectivity index (χ2n) is 7.48. The Morgan fingerprint density at radius 1 is 1.09 bits per heavy atom. The summed E-state index contributed by atoms with van der Waals surface area (Å²) in [4.78, 5) is 17.3. The van der Waals surface area contributed by atoms with Gasteiger partial charge in [0.25, 0.3) is 5.91 Å². The van der Waals surface area contributed by atoms with E-state index in [2.05, 4.69) is 5.32 Å². The normalized spacial score (nSPS) is 13.6.